The standard InChI is InChI=1S/C18H21N3O3S2/c1-13(2)21-17(7-8-19-21)15-10-18(25-12-15)26(22,23)20-11-14-5-4-6-16(9-14)24-3/h4-10,12-13,20H,11H2,1-3H3. The van der Waals surface area contributed by atoms with Gasteiger partial charge in [-0.2, -0.15) is 5.10 Å². The van der Waals surface area contributed by atoms with E-state index in [0.717, 1.165) is 16.8 Å². The van der Waals surface area contributed by atoms with Gasteiger partial charge in [0.1, 0.15) is 9.96 Å². The van der Waals surface area contributed by atoms with Crippen molar-refractivity contribution in [1.82, 2.24) is 14.5 Å². The first-order valence-corrected chi connectivity index (χ1v) is 10.5. The number of hydrogen-bond acceptors (Lipinski definition) is 5. The highest BCUT2D eigenvalue weighted by molar-refractivity contribution is 7.91. The Bertz CT molecular complexity index is 991. The van der Waals surface area contributed by atoms with Crippen LogP contribution in [0.25, 0.3) is 11.3 Å². The molecule has 1 N–H and O–H groups in total. The predicted molar refractivity (Wildman–Crippen MR) is 103 cm³/mol. The van der Waals surface area contributed by atoms with Crippen LogP contribution in [0.4, 0.5) is 0 Å². The van der Waals surface area contributed by atoms with Gasteiger partial charge in [-0.15, -0.1) is 11.3 Å². The lowest BCUT2D eigenvalue weighted by molar-refractivity contribution is 0.414. The molecule has 0 unspecified atom stereocenters. The third kappa shape index (κ3) is 3.98. The van der Waals surface area contributed by atoms with Crippen molar-refractivity contribution in [2.45, 2.75) is 30.6 Å². The molecule has 1 aromatic carbocycles. The molecule has 0 saturated carbocycles. The van der Waals surface area contributed by atoms with Gasteiger partial charge >= 0.3 is 0 Å². The van der Waals surface area contributed by atoms with Crippen LogP contribution in [0, 0.1) is 0 Å². The van der Waals surface area contributed by atoms with E-state index in [0.29, 0.717) is 5.75 Å². The number of nitrogens with one attached hydrogen (secondary N) is 1. The van der Waals surface area contributed by atoms with Gasteiger partial charge in [0.2, 0.25) is 10.0 Å². The van der Waals surface area contributed by atoms with Crippen molar-refractivity contribution in [2.75, 3.05) is 7.11 Å². The lowest BCUT2D eigenvalue weighted by Crippen LogP contribution is -2.22. The van der Waals surface area contributed by atoms with Gasteiger partial charge in [0.25, 0.3) is 0 Å². The maximum Gasteiger partial charge on any atom is 0.250 e. The number of hydrogen-bond donors (Lipinski definition) is 1. The number of nitrogens with zero attached hydrogens (tertiary/aromatic N) is 2. The summed E-state index contributed by atoms with van der Waals surface area (Å²) in [5.74, 6) is 0.696. The zero-order chi connectivity index (χ0) is 18.7. The Kier molecular flexibility index (Phi) is 5.45. The fourth-order valence-corrected chi connectivity index (χ4v) is 4.81. The van der Waals surface area contributed by atoms with Crippen LogP contribution < -0.4 is 9.46 Å². The van der Waals surface area contributed by atoms with Gasteiger partial charge in [-0.05, 0) is 43.7 Å². The first kappa shape index (κ1) is 18.6. The molecule has 2 aromatic heterocycles. The van der Waals surface area contributed by atoms with Crippen molar-refractivity contribution in [2.24, 2.45) is 0 Å². The minimum absolute atomic E-state index is 0.200. The highest BCUT2D eigenvalue weighted by atomic mass is 32.2. The van der Waals surface area contributed by atoms with Gasteiger partial charge in [-0.3, -0.25) is 4.68 Å². The maximum absolute atomic E-state index is 12.6. The van der Waals surface area contributed by atoms with Crippen molar-refractivity contribution in [3.8, 4) is 17.0 Å². The zero-order valence-corrected chi connectivity index (χ0v) is 16.5. The predicted octanol–water partition coefficient (Wildman–Crippen LogP) is 3.68. The van der Waals surface area contributed by atoms with Crippen LogP contribution in [-0.4, -0.2) is 25.3 Å². The summed E-state index contributed by atoms with van der Waals surface area (Å²) in [6.45, 7) is 4.28. The quantitative estimate of drug-likeness (QED) is 0.667. The Hall–Kier alpha value is -2.16. The molecule has 3 rings (SSSR count). The van der Waals surface area contributed by atoms with Gasteiger partial charge in [0, 0.05) is 29.7 Å². The summed E-state index contributed by atoms with van der Waals surface area (Å²) in [6.07, 6.45) is 1.72. The molecule has 0 aliphatic heterocycles. The Morgan fingerprint density at radius 3 is 2.81 bits per heavy atom. The molecule has 138 valence electrons. The van der Waals surface area contributed by atoms with E-state index >= 15 is 0 Å². The molecule has 0 bridgehead atoms. The second-order valence-corrected chi connectivity index (χ2v) is 8.99. The molecule has 0 amide bonds. The average Bonchev–Trinajstić information content (AvgIpc) is 3.29. The summed E-state index contributed by atoms with van der Waals surface area (Å²) in [4.78, 5) is 0. The minimum atomic E-state index is -3.58. The van der Waals surface area contributed by atoms with Gasteiger partial charge in [-0.1, -0.05) is 12.1 Å². The number of ether oxygens (including phenoxy) is 1. The highest BCUT2D eigenvalue weighted by Gasteiger charge is 2.19. The third-order valence-corrected chi connectivity index (χ3v) is 6.74. The van der Waals surface area contributed by atoms with Gasteiger partial charge in [-0.25, -0.2) is 13.1 Å². The number of aromatic nitrogens is 2. The molecule has 0 spiro atoms. The van der Waals surface area contributed by atoms with Crippen LogP contribution in [0.15, 0.2) is 52.2 Å². The molecular weight excluding hydrogens is 370 g/mol. The fourth-order valence-electron chi connectivity index (χ4n) is 2.58. The van der Waals surface area contributed by atoms with Crippen LogP contribution in [0.1, 0.15) is 25.5 Å². The molecule has 0 aliphatic rings. The number of benzene rings is 1. The third-order valence-electron chi connectivity index (χ3n) is 3.90. The average molecular weight is 392 g/mol. The number of thiophene rings is 1. The Morgan fingerprint density at radius 1 is 1.27 bits per heavy atom. The van der Waals surface area contributed by atoms with Gasteiger partial charge in [0.15, 0.2) is 0 Å². The topological polar surface area (TPSA) is 73.2 Å². The summed E-state index contributed by atoms with van der Waals surface area (Å²) in [7, 11) is -2.00. The van der Waals surface area contributed by atoms with E-state index in [1.165, 1.54) is 11.3 Å². The summed E-state index contributed by atoms with van der Waals surface area (Å²) < 4.78 is 35.2. The summed E-state index contributed by atoms with van der Waals surface area (Å²) in [5, 5.41) is 6.14. The van der Waals surface area contributed by atoms with Crippen LogP contribution in [-0.2, 0) is 16.6 Å². The van der Waals surface area contributed by atoms with E-state index in [4.69, 9.17) is 4.74 Å². The van der Waals surface area contributed by atoms with Crippen molar-refractivity contribution in [1.29, 1.82) is 0 Å². The number of rotatable bonds is 7. The van der Waals surface area contributed by atoms with E-state index < -0.39 is 10.0 Å². The summed E-state index contributed by atoms with van der Waals surface area (Å²) in [5.41, 5.74) is 2.59. The Morgan fingerprint density at radius 2 is 2.08 bits per heavy atom. The SMILES string of the molecule is COc1cccc(CNS(=O)(=O)c2cc(-c3ccnn3C(C)C)cs2)c1. The van der Waals surface area contributed by atoms with E-state index in [2.05, 4.69) is 9.82 Å². The van der Waals surface area contributed by atoms with E-state index in [1.807, 2.05) is 54.2 Å². The Labute approximate surface area is 157 Å². The Balaban J connectivity index is 1.78. The second kappa shape index (κ2) is 7.61. The molecular formula is C18H21N3O3S2. The summed E-state index contributed by atoms with van der Waals surface area (Å²) >= 11 is 1.20. The normalized spacial score (nSPS) is 11.8. The van der Waals surface area contributed by atoms with Crippen molar-refractivity contribution < 1.29 is 13.2 Å². The van der Waals surface area contributed by atoms with Crippen LogP contribution in [0.2, 0.25) is 0 Å². The lowest BCUT2D eigenvalue weighted by Gasteiger charge is -2.09. The number of sulfonamides is 1. The molecule has 8 heteroatoms. The number of methoxy groups -OCH3 is 1. The molecule has 0 radical (unpaired) electrons. The smallest absolute Gasteiger partial charge is 0.250 e. The highest BCUT2D eigenvalue weighted by Crippen LogP contribution is 2.29. The fraction of sp³-hybridized carbons (Fsp3) is 0.278. The van der Waals surface area contributed by atoms with E-state index in [9.17, 15) is 8.42 Å². The van der Waals surface area contributed by atoms with Crippen molar-refractivity contribution in [3.05, 3.63) is 53.5 Å². The van der Waals surface area contributed by atoms with Crippen LogP contribution in [0.5, 0.6) is 5.75 Å². The zero-order valence-electron chi connectivity index (χ0n) is 14.8. The molecule has 0 atom stereocenters. The maximum atomic E-state index is 12.6. The van der Waals surface area contributed by atoms with Crippen LogP contribution >= 0.6 is 11.3 Å². The molecule has 26 heavy (non-hydrogen) atoms. The largest absolute Gasteiger partial charge is 0.497 e. The molecule has 0 aliphatic carbocycles. The molecule has 6 nitrogen and oxygen atoms in total. The first-order chi connectivity index (χ1) is 12.4. The lowest BCUT2D eigenvalue weighted by atomic mass is 10.2. The van der Waals surface area contributed by atoms with E-state index in [-0.39, 0.29) is 16.8 Å². The van der Waals surface area contributed by atoms with Gasteiger partial charge < -0.3 is 4.74 Å². The molecule has 0 fully saturated rings. The molecule has 3 aromatic rings. The monoisotopic (exact) mass is 391 g/mol. The second-order valence-electron chi connectivity index (χ2n) is 6.09. The van der Waals surface area contributed by atoms with E-state index in [1.54, 1.807) is 19.4 Å². The molecule has 0 saturated heterocycles. The van der Waals surface area contributed by atoms with Crippen LogP contribution in [0.3, 0.4) is 0 Å². The minimum Gasteiger partial charge on any atom is -0.497 e. The molecule has 2 heterocycles. The van der Waals surface area contributed by atoms with Crippen molar-refractivity contribution >= 4 is 21.4 Å². The van der Waals surface area contributed by atoms with Crippen molar-refractivity contribution in [3.63, 3.8) is 0 Å². The first-order valence-electron chi connectivity index (χ1n) is 8.15. The van der Waals surface area contributed by atoms with Gasteiger partial charge in [0.05, 0.1) is 12.8 Å². The summed E-state index contributed by atoms with van der Waals surface area (Å²) in [6, 6.07) is 11.1.